The van der Waals surface area contributed by atoms with Crippen molar-refractivity contribution in [1.82, 2.24) is 10.1 Å². The van der Waals surface area contributed by atoms with Gasteiger partial charge in [-0.05, 0) is 31.2 Å². The largest absolute Gasteiger partial charge is 0.487 e. The van der Waals surface area contributed by atoms with E-state index in [0.717, 1.165) is 4.90 Å². The van der Waals surface area contributed by atoms with Gasteiger partial charge in [-0.2, -0.15) is 4.98 Å². The molecule has 146 valence electrons. The molecular weight excluding hydrogens is 423 g/mol. The van der Waals surface area contributed by atoms with Crippen molar-refractivity contribution < 1.29 is 18.8 Å². The van der Waals surface area contributed by atoms with Gasteiger partial charge in [0.15, 0.2) is 11.6 Å². The second-order valence-electron chi connectivity index (χ2n) is 5.56. The minimum atomic E-state index is -0.446. The second-order valence-corrected chi connectivity index (χ2v) is 7.39. The summed E-state index contributed by atoms with van der Waals surface area (Å²) in [5, 5.41) is 4.55. The molecule has 0 saturated heterocycles. The molecule has 6 nitrogen and oxygen atoms in total. The van der Waals surface area contributed by atoms with E-state index in [4.69, 9.17) is 37.2 Å². The molecule has 0 spiro atoms. The first-order chi connectivity index (χ1) is 13.5. The molecule has 1 heterocycles. The minimum Gasteiger partial charge on any atom is -0.487 e. The number of aryl methyl sites for hydroxylation is 1. The summed E-state index contributed by atoms with van der Waals surface area (Å²) in [4.78, 5) is 17.3. The summed E-state index contributed by atoms with van der Waals surface area (Å²) in [6.45, 7) is 1.94. The summed E-state index contributed by atoms with van der Waals surface area (Å²) in [6.07, 6.45) is 0. The standard InChI is InChI=1S/C19H16Cl2N2O4S/c1-12-22-17(27-23-12)11-28-16-8-3-2-5-13(16)19(24)26-10-9-25-18-14(20)6-4-7-15(18)21/h2-8H,9-11H2,1H3. The van der Waals surface area contributed by atoms with Gasteiger partial charge >= 0.3 is 5.97 Å². The van der Waals surface area contributed by atoms with E-state index in [1.165, 1.54) is 11.8 Å². The van der Waals surface area contributed by atoms with Crippen molar-refractivity contribution in [3.05, 3.63) is 69.8 Å². The fourth-order valence-corrected chi connectivity index (χ4v) is 3.66. The lowest BCUT2D eigenvalue weighted by atomic mass is 10.2. The van der Waals surface area contributed by atoms with E-state index in [1.807, 2.05) is 12.1 Å². The number of carbonyl (C=O) groups is 1. The van der Waals surface area contributed by atoms with Crippen molar-refractivity contribution >= 4 is 40.9 Å². The number of carbonyl (C=O) groups excluding carboxylic acids is 1. The molecule has 3 aromatic rings. The Kier molecular flexibility index (Phi) is 7.19. The highest BCUT2D eigenvalue weighted by molar-refractivity contribution is 7.98. The number of hydrogen-bond acceptors (Lipinski definition) is 7. The van der Waals surface area contributed by atoms with Gasteiger partial charge in [0.1, 0.15) is 13.2 Å². The van der Waals surface area contributed by atoms with Crippen molar-refractivity contribution in [2.24, 2.45) is 0 Å². The van der Waals surface area contributed by atoms with Gasteiger partial charge in [-0.15, -0.1) is 11.8 Å². The van der Waals surface area contributed by atoms with Crippen LogP contribution in [0.2, 0.25) is 10.0 Å². The van der Waals surface area contributed by atoms with E-state index in [9.17, 15) is 4.79 Å². The molecule has 0 N–H and O–H groups in total. The van der Waals surface area contributed by atoms with Crippen LogP contribution in [-0.2, 0) is 10.5 Å². The van der Waals surface area contributed by atoms with Crippen LogP contribution in [0.1, 0.15) is 22.1 Å². The number of hydrogen-bond donors (Lipinski definition) is 0. The molecule has 9 heteroatoms. The van der Waals surface area contributed by atoms with Crippen LogP contribution in [0.25, 0.3) is 0 Å². The summed E-state index contributed by atoms with van der Waals surface area (Å²) in [6, 6.07) is 12.2. The lowest BCUT2D eigenvalue weighted by molar-refractivity contribution is 0.0446. The van der Waals surface area contributed by atoms with E-state index in [1.54, 1.807) is 37.3 Å². The molecule has 0 atom stereocenters. The van der Waals surface area contributed by atoms with E-state index >= 15 is 0 Å². The third-order valence-corrected chi connectivity index (χ3v) is 5.16. The number of esters is 1. The Morgan fingerprint density at radius 1 is 1.11 bits per heavy atom. The Morgan fingerprint density at radius 3 is 2.57 bits per heavy atom. The molecule has 0 fully saturated rings. The van der Waals surface area contributed by atoms with Crippen molar-refractivity contribution in [1.29, 1.82) is 0 Å². The number of thioether (sulfide) groups is 1. The molecule has 3 rings (SSSR count). The van der Waals surface area contributed by atoms with Gasteiger partial charge in [0.2, 0.25) is 5.89 Å². The summed E-state index contributed by atoms with van der Waals surface area (Å²) in [7, 11) is 0. The molecular formula is C19H16Cl2N2O4S. The average Bonchev–Trinajstić information content (AvgIpc) is 3.10. The van der Waals surface area contributed by atoms with Gasteiger partial charge in [0, 0.05) is 4.90 Å². The van der Waals surface area contributed by atoms with E-state index in [0.29, 0.717) is 38.8 Å². The number of benzene rings is 2. The third-order valence-electron chi connectivity index (χ3n) is 3.51. The minimum absolute atomic E-state index is 0.0578. The van der Waals surface area contributed by atoms with Crippen LogP contribution < -0.4 is 4.74 Å². The number of aromatic nitrogens is 2. The summed E-state index contributed by atoms with van der Waals surface area (Å²) < 4.78 is 15.9. The summed E-state index contributed by atoms with van der Waals surface area (Å²) in [5.41, 5.74) is 0.458. The molecule has 0 bridgehead atoms. The van der Waals surface area contributed by atoms with Gasteiger partial charge in [-0.1, -0.05) is 46.6 Å². The average molecular weight is 439 g/mol. The van der Waals surface area contributed by atoms with Crippen LogP contribution in [0, 0.1) is 6.92 Å². The zero-order valence-corrected chi connectivity index (χ0v) is 17.2. The Balaban J connectivity index is 1.54. The van der Waals surface area contributed by atoms with Crippen LogP contribution in [0.4, 0.5) is 0 Å². The molecule has 0 saturated carbocycles. The first-order valence-corrected chi connectivity index (χ1v) is 10.0. The molecule has 0 radical (unpaired) electrons. The van der Waals surface area contributed by atoms with Crippen LogP contribution in [0.15, 0.2) is 51.9 Å². The Hall–Kier alpha value is -2.22. The smallest absolute Gasteiger partial charge is 0.339 e. The lowest BCUT2D eigenvalue weighted by Crippen LogP contribution is -2.13. The highest BCUT2D eigenvalue weighted by Crippen LogP contribution is 2.32. The molecule has 2 aromatic carbocycles. The maximum Gasteiger partial charge on any atom is 0.339 e. The highest BCUT2D eigenvalue weighted by Gasteiger charge is 2.14. The van der Waals surface area contributed by atoms with Crippen LogP contribution in [0.5, 0.6) is 5.75 Å². The monoisotopic (exact) mass is 438 g/mol. The van der Waals surface area contributed by atoms with Gasteiger partial charge in [0.05, 0.1) is 21.4 Å². The molecule has 0 amide bonds. The Labute approximate surface area is 176 Å². The zero-order valence-electron chi connectivity index (χ0n) is 14.9. The van der Waals surface area contributed by atoms with Gasteiger partial charge in [-0.25, -0.2) is 4.79 Å². The van der Waals surface area contributed by atoms with Gasteiger partial charge in [0.25, 0.3) is 0 Å². The molecule has 1 aromatic heterocycles. The normalized spacial score (nSPS) is 10.7. The lowest BCUT2D eigenvalue weighted by Gasteiger charge is -2.11. The van der Waals surface area contributed by atoms with Gasteiger partial charge < -0.3 is 14.0 Å². The van der Waals surface area contributed by atoms with Gasteiger partial charge in [-0.3, -0.25) is 0 Å². The van der Waals surface area contributed by atoms with Crippen molar-refractivity contribution in [2.75, 3.05) is 13.2 Å². The van der Waals surface area contributed by atoms with E-state index in [-0.39, 0.29) is 13.2 Å². The predicted octanol–water partition coefficient (Wildman–Crippen LogP) is 5.21. The van der Waals surface area contributed by atoms with Crippen LogP contribution >= 0.6 is 35.0 Å². The second kappa shape index (κ2) is 9.82. The summed E-state index contributed by atoms with van der Waals surface area (Å²) >= 11 is 13.5. The van der Waals surface area contributed by atoms with Crippen molar-refractivity contribution in [3.8, 4) is 5.75 Å². The maximum absolute atomic E-state index is 12.4. The summed E-state index contributed by atoms with van der Waals surface area (Å²) in [5.74, 6) is 1.45. The molecule has 0 unspecified atom stereocenters. The van der Waals surface area contributed by atoms with Crippen molar-refractivity contribution in [2.45, 2.75) is 17.6 Å². The third kappa shape index (κ3) is 5.41. The van der Waals surface area contributed by atoms with Crippen LogP contribution in [0.3, 0.4) is 0 Å². The number of ether oxygens (including phenoxy) is 2. The SMILES string of the molecule is Cc1noc(CSc2ccccc2C(=O)OCCOc2c(Cl)cccc2Cl)n1. The topological polar surface area (TPSA) is 74.5 Å². The molecule has 0 aliphatic heterocycles. The number of nitrogens with zero attached hydrogens (tertiary/aromatic N) is 2. The quantitative estimate of drug-likeness (QED) is 0.271. The van der Waals surface area contributed by atoms with Crippen LogP contribution in [-0.4, -0.2) is 29.3 Å². The highest BCUT2D eigenvalue weighted by atomic mass is 35.5. The molecule has 0 aliphatic rings. The zero-order chi connectivity index (χ0) is 19.9. The number of rotatable bonds is 8. The maximum atomic E-state index is 12.4. The van der Waals surface area contributed by atoms with E-state index in [2.05, 4.69) is 10.1 Å². The first kappa shape index (κ1) is 20.5. The number of para-hydroxylation sites is 1. The predicted molar refractivity (Wildman–Crippen MR) is 107 cm³/mol. The molecule has 0 aliphatic carbocycles. The number of halogens is 2. The Bertz CT molecular complexity index is 944. The van der Waals surface area contributed by atoms with Crippen molar-refractivity contribution in [3.63, 3.8) is 0 Å². The van der Waals surface area contributed by atoms with E-state index < -0.39 is 5.97 Å². The fraction of sp³-hybridized carbons (Fsp3) is 0.211. The molecule has 28 heavy (non-hydrogen) atoms. The Morgan fingerprint density at radius 2 is 1.86 bits per heavy atom. The fourth-order valence-electron chi connectivity index (χ4n) is 2.28. The first-order valence-electron chi connectivity index (χ1n) is 8.29.